The van der Waals surface area contributed by atoms with Gasteiger partial charge in [0.25, 0.3) is 11.8 Å². The summed E-state index contributed by atoms with van der Waals surface area (Å²) < 4.78 is 0. The number of rotatable bonds is 2. The van der Waals surface area contributed by atoms with Gasteiger partial charge in [0.05, 0.1) is 11.1 Å². The minimum atomic E-state index is -0.429. The fourth-order valence-electron chi connectivity index (χ4n) is 2.89. The van der Waals surface area contributed by atoms with E-state index < -0.39 is 11.8 Å². The Labute approximate surface area is 133 Å². The molecule has 1 aromatic rings. The van der Waals surface area contributed by atoms with Crippen molar-refractivity contribution in [2.24, 2.45) is 0 Å². The Kier molecular flexibility index (Phi) is 3.85. The summed E-state index contributed by atoms with van der Waals surface area (Å²) in [4.78, 5) is 52.4. The van der Waals surface area contributed by atoms with Crippen LogP contribution in [0.25, 0.3) is 0 Å². The molecule has 0 aromatic heterocycles. The van der Waals surface area contributed by atoms with Crippen molar-refractivity contribution in [1.82, 2.24) is 14.7 Å². The Hall–Kier alpha value is -2.70. The van der Waals surface area contributed by atoms with Crippen LogP contribution in [-0.2, 0) is 9.59 Å². The van der Waals surface area contributed by atoms with Gasteiger partial charge in [-0.3, -0.25) is 24.1 Å². The molecular weight excluding hydrogens is 298 g/mol. The predicted molar refractivity (Wildman–Crippen MR) is 80.6 cm³/mol. The van der Waals surface area contributed by atoms with Gasteiger partial charge in [-0.2, -0.15) is 0 Å². The summed E-state index contributed by atoms with van der Waals surface area (Å²) >= 11 is 0. The maximum Gasteiger partial charge on any atom is 0.262 e. The van der Waals surface area contributed by atoms with E-state index in [4.69, 9.17) is 0 Å². The summed E-state index contributed by atoms with van der Waals surface area (Å²) in [5.74, 6) is -1.15. The van der Waals surface area contributed by atoms with Crippen molar-refractivity contribution in [3.8, 4) is 0 Å². The molecule has 120 valence electrons. The quantitative estimate of drug-likeness (QED) is 0.718. The number of fused-ring (bicyclic) bond motifs is 1. The van der Waals surface area contributed by atoms with Crippen molar-refractivity contribution in [3.63, 3.8) is 0 Å². The number of carbonyl (C=O) groups excluding carboxylic acids is 4. The molecule has 0 spiro atoms. The van der Waals surface area contributed by atoms with E-state index in [2.05, 4.69) is 0 Å². The van der Waals surface area contributed by atoms with Crippen LogP contribution in [0.3, 0.4) is 0 Å². The molecule has 0 saturated carbocycles. The van der Waals surface area contributed by atoms with Gasteiger partial charge in [-0.05, 0) is 12.1 Å². The minimum Gasteiger partial charge on any atom is -0.339 e. The number of hydrogen-bond acceptors (Lipinski definition) is 4. The monoisotopic (exact) mass is 315 g/mol. The van der Waals surface area contributed by atoms with E-state index in [-0.39, 0.29) is 18.4 Å². The Morgan fingerprint density at radius 3 is 1.87 bits per heavy atom. The molecule has 1 fully saturated rings. The highest BCUT2D eigenvalue weighted by molar-refractivity contribution is 6.22. The summed E-state index contributed by atoms with van der Waals surface area (Å²) in [5, 5.41) is 0. The molecule has 0 unspecified atom stereocenters. The van der Waals surface area contributed by atoms with E-state index in [0.29, 0.717) is 37.3 Å². The normalized spacial score (nSPS) is 17.5. The number of carbonyl (C=O) groups is 4. The molecule has 0 aliphatic carbocycles. The number of amides is 4. The van der Waals surface area contributed by atoms with Crippen LogP contribution in [0.15, 0.2) is 24.3 Å². The second-order valence-electron chi connectivity index (χ2n) is 5.63. The number of imide groups is 1. The maximum atomic E-state index is 12.3. The third-order valence-corrected chi connectivity index (χ3v) is 4.25. The van der Waals surface area contributed by atoms with Gasteiger partial charge in [0.1, 0.15) is 6.54 Å². The SMILES string of the molecule is CC(=O)N1CCN(C(=O)CN2C(=O)c3ccccc3C2=O)CC1. The molecule has 7 heteroatoms. The van der Waals surface area contributed by atoms with Gasteiger partial charge < -0.3 is 9.80 Å². The Balaban J connectivity index is 1.65. The Morgan fingerprint density at radius 2 is 1.39 bits per heavy atom. The fourth-order valence-corrected chi connectivity index (χ4v) is 2.89. The molecule has 1 aromatic carbocycles. The van der Waals surface area contributed by atoms with E-state index in [1.165, 1.54) is 6.92 Å². The smallest absolute Gasteiger partial charge is 0.262 e. The van der Waals surface area contributed by atoms with Gasteiger partial charge in [-0.1, -0.05) is 12.1 Å². The summed E-state index contributed by atoms with van der Waals surface area (Å²) in [7, 11) is 0. The molecule has 4 amide bonds. The highest BCUT2D eigenvalue weighted by Crippen LogP contribution is 2.22. The van der Waals surface area contributed by atoms with Crippen molar-refractivity contribution in [3.05, 3.63) is 35.4 Å². The zero-order valence-corrected chi connectivity index (χ0v) is 12.8. The van der Waals surface area contributed by atoms with E-state index in [0.717, 1.165) is 4.90 Å². The van der Waals surface area contributed by atoms with E-state index in [1.807, 2.05) is 0 Å². The number of piperazine rings is 1. The molecule has 2 aliphatic heterocycles. The molecule has 0 atom stereocenters. The third kappa shape index (κ3) is 2.69. The Bertz CT molecular complexity index is 657. The van der Waals surface area contributed by atoms with Crippen LogP contribution in [-0.4, -0.2) is 71.1 Å². The van der Waals surface area contributed by atoms with Crippen LogP contribution in [0.4, 0.5) is 0 Å². The lowest BCUT2D eigenvalue weighted by Gasteiger charge is -2.34. The molecule has 2 aliphatic rings. The number of nitrogens with zero attached hydrogens (tertiary/aromatic N) is 3. The summed E-state index contributed by atoms with van der Waals surface area (Å²) in [6, 6.07) is 6.56. The van der Waals surface area contributed by atoms with E-state index in [9.17, 15) is 19.2 Å². The largest absolute Gasteiger partial charge is 0.339 e. The number of benzene rings is 1. The first kappa shape index (κ1) is 15.2. The lowest BCUT2D eigenvalue weighted by molar-refractivity contribution is -0.138. The van der Waals surface area contributed by atoms with Crippen molar-refractivity contribution in [2.75, 3.05) is 32.7 Å². The zero-order chi connectivity index (χ0) is 16.6. The molecular formula is C16H17N3O4. The van der Waals surface area contributed by atoms with Crippen LogP contribution in [0.5, 0.6) is 0 Å². The van der Waals surface area contributed by atoms with Crippen molar-refractivity contribution in [1.29, 1.82) is 0 Å². The standard InChI is InChI=1S/C16H17N3O4/c1-11(20)17-6-8-18(9-7-17)14(21)10-19-15(22)12-4-2-3-5-13(12)16(19)23/h2-5H,6-10H2,1H3. The van der Waals surface area contributed by atoms with Gasteiger partial charge in [0.2, 0.25) is 11.8 Å². The summed E-state index contributed by atoms with van der Waals surface area (Å²) in [5.41, 5.74) is 0.679. The predicted octanol–water partition coefficient (Wildman–Crippen LogP) is -0.0267. The lowest BCUT2D eigenvalue weighted by Crippen LogP contribution is -2.52. The average molecular weight is 315 g/mol. The molecule has 0 bridgehead atoms. The number of hydrogen-bond donors (Lipinski definition) is 0. The van der Waals surface area contributed by atoms with E-state index >= 15 is 0 Å². The first-order valence-electron chi connectivity index (χ1n) is 7.47. The second kappa shape index (κ2) is 5.83. The third-order valence-electron chi connectivity index (χ3n) is 4.25. The first-order valence-corrected chi connectivity index (χ1v) is 7.47. The molecule has 7 nitrogen and oxygen atoms in total. The summed E-state index contributed by atoms with van der Waals surface area (Å²) in [6.45, 7) is 3.03. The van der Waals surface area contributed by atoms with Crippen molar-refractivity contribution in [2.45, 2.75) is 6.92 Å². The van der Waals surface area contributed by atoms with Crippen LogP contribution >= 0.6 is 0 Å². The van der Waals surface area contributed by atoms with Gasteiger partial charge in [0, 0.05) is 33.1 Å². The minimum absolute atomic E-state index is 0.0163. The summed E-state index contributed by atoms with van der Waals surface area (Å²) in [6.07, 6.45) is 0. The van der Waals surface area contributed by atoms with Crippen molar-refractivity contribution < 1.29 is 19.2 Å². The van der Waals surface area contributed by atoms with Gasteiger partial charge >= 0.3 is 0 Å². The van der Waals surface area contributed by atoms with Gasteiger partial charge in [-0.25, -0.2) is 0 Å². The van der Waals surface area contributed by atoms with Crippen LogP contribution < -0.4 is 0 Å². The first-order chi connectivity index (χ1) is 11.0. The second-order valence-corrected chi connectivity index (χ2v) is 5.63. The van der Waals surface area contributed by atoms with Crippen LogP contribution in [0.2, 0.25) is 0 Å². The molecule has 1 saturated heterocycles. The average Bonchev–Trinajstić information content (AvgIpc) is 2.80. The molecule has 0 radical (unpaired) electrons. The maximum absolute atomic E-state index is 12.3. The van der Waals surface area contributed by atoms with Gasteiger partial charge in [-0.15, -0.1) is 0 Å². The van der Waals surface area contributed by atoms with Crippen molar-refractivity contribution >= 4 is 23.6 Å². The zero-order valence-electron chi connectivity index (χ0n) is 12.8. The Morgan fingerprint density at radius 1 is 0.913 bits per heavy atom. The highest BCUT2D eigenvalue weighted by atomic mass is 16.2. The molecule has 2 heterocycles. The van der Waals surface area contributed by atoms with Crippen LogP contribution in [0.1, 0.15) is 27.6 Å². The molecule has 3 rings (SSSR count). The lowest BCUT2D eigenvalue weighted by atomic mass is 10.1. The fraction of sp³-hybridized carbons (Fsp3) is 0.375. The van der Waals surface area contributed by atoms with Gasteiger partial charge in [0.15, 0.2) is 0 Å². The highest BCUT2D eigenvalue weighted by Gasteiger charge is 2.37. The van der Waals surface area contributed by atoms with E-state index in [1.54, 1.807) is 34.1 Å². The topological polar surface area (TPSA) is 78.0 Å². The van der Waals surface area contributed by atoms with Crippen LogP contribution in [0, 0.1) is 0 Å². The molecule has 23 heavy (non-hydrogen) atoms. The molecule has 0 N–H and O–H groups in total.